The molecule has 2 aromatic rings. The van der Waals surface area contributed by atoms with E-state index in [4.69, 9.17) is 0 Å². The zero-order valence-corrected chi connectivity index (χ0v) is 20.7. The maximum absolute atomic E-state index is 12.4. The summed E-state index contributed by atoms with van der Waals surface area (Å²) < 4.78 is 4.52. The predicted molar refractivity (Wildman–Crippen MR) is 140 cm³/mol. The van der Waals surface area contributed by atoms with Crippen LogP contribution >= 0.6 is 11.8 Å². The Morgan fingerprint density at radius 3 is 2.57 bits per heavy atom. The lowest BCUT2D eigenvalue weighted by Gasteiger charge is -2.12. The van der Waals surface area contributed by atoms with Gasteiger partial charge in [-0.05, 0) is 54.4 Å². The Balaban J connectivity index is 1.25. The number of unbranched alkanes of at least 4 members (excludes halogenated alkanes) is 2. The fraction of sp³-hybridized carbons (Fsp3) is 0.185. The van der Waals surface area contributed by atoms with Crippen molar-refractivity contribution >= 4 is 46.8 Å². The van der Waals surface area contributed by atoms with Gasteiger partial charge in [0.2, 0.25) is 0 Å². The molecule has 2 aliphatic rings. The molecule has 0 aliphatic carbocycles. The predicted octanol–water partition coefficient (Wildman–Crippen LogP) is 3.11. The van der Waals surface area contributed by atoms with Crippen LogP contribution in [0.1, 0.15) is 51.1 Å². The molecule has 0 spiro atoms. The number of nitrogens with one attached hydrogen (secondary N) is 1. The highest BCUT2D eigenvalue weighted by atomic mass is 32.2. The normalized spacial score (nSPS) is 16.8. The van der Waals surface area contributed by atoms with E-state index in [1.54, 1.807) is 24.3 Å². The molecule has 1 N–H and O–H groups in total. The van der Waals surface area contributed by atoms with Gasteiger partial charge in [0, 0.05) is 24.6 Å². The van der Waals surface area contributed by atoms with Crippen LogP contribution in [0.2, 0.25) is 0 Å². The number of hydrogen-bond acceptors (Lipinski definition) is 8. The van der Waals surface area contributed by atoms with Crippen molar-refractivity contribution in [2.45, 2.75) is 19.3 Å². The number of amides is 3. The molecule has 0 aromatic heterocycles. The van der Waals surface area contributed by atoms with Gasteiger partial charge < -0.3 is 4.74 Å². The Kier molecular flexibility index (Phi) is 8.28. The first kappa shape index (κ1) is 25.6. The third-order valence-corrected chi connectivity index (χ3v) is 6.29. The molecule has 186 valence electrons. The van der Waals surface area contributed by atoms with E-state index in [0.717, 1.165) is 35.4 Å². The molecule has 37 heavy (non-hydrogen) atoms. The highest BCUT2D eigenvalue weighted by molar-refractivity contribution is 8.18. The van der Waals surface area contributed by atoms with Crippen LogP contribution in [0.15, 0.2) is 69.7 Å². The highest BCUT2D eigenvalue weighted by Gasteiger charge is 2.34. The Bertz CT molecular complexity index is 1380. The van der Waals surface area contributed by atoms with Gasteiger partial charge in [0.25, 0.3) is 17.7 Å². The molecule has 2 aromatic carbocycles. The Morgan fingerprint density at radius 2 is 1.84 bits per heavy atom. The van der Waals surface area contributed by atoms with Crippen LogP contribution in [0.4, 0.5) is 0 Å². The first-order valence-electron chi connectivity index (χ1n) is 11.4. The average Bonchev–Trinajstić information content (AvgIpc) is 3.37. The standard InChI is InChI=1S/C27H22N4O5S/c1-36-23(32)16-22-24(33)29-27(37-22)30-28-17-19-11-8-10-18(15-19)9-4-2-3-7-14-31-25(34)20-12-5-6-13-21(20)26(31)35/h5-6,8,10-13,15-17H,2-3,7,14H2,1H3,(H,29,30,33)/b22-16+,28-17?. The molecule has 10 heteroatoms. The molecule has 9 nitrogen and oxygen atoms in total. The summed E-state index contributed by atoms with van der Waals surface area (Å²) in [5.41, 5.74) is 2.52. The Morgan fingerprint density at radius 1 is 1.08 bits per heavy atom. The zero-order chi connectivity index (χ0) is 26.2. The van der Waals surface area contributed by atoms with Crippen LogP contribution in [0, 0.1) is 11.8 Å². The van der Waals surface area contributed by atoms with E-state index in [2.05, 4.69) is 32.1 Å². The van der Waals surface area contributed by atoms with Crippen molar-refractivity contribution in [3.05, 3.63) is 81.8 Å². The SMILES string of the molecule is COC(=O)/C=C1/S/C(=N\N=Cc2cccc(C#CCCCCN3C(=O)c4ccccc4C3=O)c2)NC1=O. The zero-order valence-electron chi connectivity index (χ0n) is 19.9. The summed E-state index contributed by atoms with van der Waals surface area (Å²) in [4.78, 5) is 49.4. The van der Waals surface area contributed by atoms with Gasteiger partial charge in [-0.3, -0.25) is 24.6 Å². The van der Waals surface area contributed by atoms with Crippen molar-refractivity contribution in [2.24, 2.45) is 10.2 Å². The summed E-state index contributed by atoms with van der Waals surface area (Å²) in [6.07, 6.45) is 4.70. The van der Waals surface area contributed by atoms with E-state index in [9.17, 15) is 19.2 Å². The second kappa shape index (κ2) is 12.0. The number of imide groups is 1. The fourth-order valence-electron chi connectivity index (χ4n) is 3.58. The number of esters is 1. The van der Waals surface area contributed by atoms with Gasteiger partial charge >= 0.3 is 5.97 Å². The maximum Gasteiger partial charge on any atom is 0.331 e. The van der Waals surface area contributed by atoms with E-state index in [-0.39, 0.29) is 21.9 Å². The number of carbonyl (C=O) groups is 4. The van der Waals surface area contributed by atoms with Crippen molar-refractivity contribution < 1.29 is 23.9 Å². The molecular weight excluding hydrogens is 492 g/mol. The van der Waals surface area contributed by atoms with Gasteiger partial charge in [0.1, 0.15) is 0 Å². The van der Waals surface area contributed by atoms with Gasteiger partial charge in [-0.2, -0.15) is 5.10 Å². The summed E-state index contributed by atoms with van der Waals surface area (Å²) in [5.74, 6) is 4.69. The molecular formula is C27H22N4O5S. The summed E-state index contributed by atoms with van der Waals surface area (Å²) >= 11 is 0.997. The first-order valence-corrected chi connectivity index (χ1v) is 12.2. The second-order valence-electron chi connectivity index (χ2n) is 7.93. The van der Waals surface area contributed by atoms with E-state index >= 15 is 0 Å². The van der Waals surface area contributed by atoms with Crippen LogP contribution in [-0.4, -0.2) is 53.6 Å². The minimum absolute atomic E-state index is 0.182. The van der Waals surface area contributed by atoms with Crippen molar-refractivity contribution in [1.29, 1.82) is 0 Å². The van der Waals surface area contributed by atoms with Gasteiger partial charge in [-0.25, -0.2) is 4.79 Å². The van der Waals surface area contributed by atoms with Crippen molar-refractivity contribution in [1.82, 2.24) is 10.2 Å². The third-order valence-electron chi connectivity index (χ3n) is 5.39. The quantitative estimate of drug-likeness (QED) is 0.115. The van der Waals surface area contributed by atoms with Crippen LogP contribution in [0.25, 0.3) is 0 Å². The number of benzene rings is 2. The van der Waals surface area contributed by atoms with E-state index < -0.39 is 11.9 Å². The summed E-state index contributed by atoms with van der Waals surface area (Å²) in [6.45, 7) is 0.376. The first-order chi connectivity index (χ1) is 18.0. The number of fused-ring (bicyclic) bond motifs is 1. The van der Waals surface area contributed by atoms with Crippen molar-refractivity contribution in [2.75, 3.05) is 13.7 Å². The lowest BCUT2D eigenvalue weighted by Crippen LogP contribution is -2.30. The Labute approximate surface area is 217 Å². The minimum Gasteiger partial charge on any atom is -0.466 e. The lowest BCUT2D eigenvalue weighted by atomic mass is 10.1. The van der Waals surface area contributed by atoms with Crippen molar-refractivity contribution in [3.63, 3.8) is 0 Å². The largest absolute Gasteiger partial charge is 0.466 e. The summed E-state index contributed by atoms with van der Waals surface area (Å²) in [7, 11) is 1.23. The van der Waals surface area contributed by atoms with Crippen molar-refractivity contribution in [3.8, 4) is 11.8 Å². The smallest absolute Gasteiger partial charge is 0.331 e. The molecule has 4 rings (SSSR count). The van der Waals surface area contributed by atoms with E-state index in [1.807, 2.05) is 24.3 Å². The fourth-order valence-corrected chi connectivity index (χ4v) is 4.31. The maximum atomic E-state index is 12.4. The van der Waals surface area contributed by atoms with Gasteiger partial charge in [-0.15, -0.1) is 5.10 Å². The number of hydrogen-bond donors (Lipinski definition) is 1. The number of rotatable bonds is 7. The van der Waals surface area contributed by atoms with Gasteiger partial charge in [0.15, 0.2) is 5.17 Å². The monoisotopic (exact) mass is 514 g/mol. The topological polar surface area (TPSA) is 118 Å². The molecule has 0 bridgehead atoms. The molecule has 0 atom stereocenters. The number of thioether (sulfide) groups is 1. The van der Waals surface area contributed by atoms with Crippen LogP contribution < -0.4 is 5.32 Å². The number of carbonyl (C=O) groups excluding carboxylic acids is 4. The lowest BCUT2D eigenvalue weighted by molar-refractivity contribution is -0.135. The number of ether oxygens (including phenoxy) is 1. The molecule has 2 heterocycles. The summed E-state index contributed by atoms with van der Waals surface area (Å²) in [6, 6.07) is 14.3. The second-order valence-corrected chi connectivity index (χ2v) is 8.96. The van der Waals surface area contributed by atoms with Crippen LogP contribution in [-0.2, 0) is 14.3 Å². The molecule has 0 unspecified atom stereocenters. The summed E-state index contributed by atoms with van der Waals surface area (Å²) in [5, 5.41) is 10.7. The van der Waals surface area contributed by atoms with Crippen LogP contribution in [0.3, 0.4) is 0 Å². The molecule has 0 radical (unpaired) electrons. The third kappa shape index (κ3) is 6.39. The molecule has 0 saturated carbocycles. The van der Waals surface area contributed by atoms with E-state index in [1.165, 1.54) is 18.2 Å². The molecule has 3 amide bonds. The molecule has 2 aliphatic heterocycles. The number of nitrogens with zero attached hydrogens (tertiary/aromatic N) is 3. The minimum atomic E-state index is -0.622. The molecule has 1 saturated heterocycles. The van der Waals surface area contributed by atoms with Gasteiger partial charge in [-0.1, -0.05) is 36.1 Å². The Hall–Kier alpha value is -4.49. The highest BCUT2D eigenvalue weighted by Crippen LogP contribution is 2.24. The van der Waals surface area contributed by atoms with Gasteiger partial charge in [0.05, 0.1) is 29.4 Å². The molecule has 1 fully saturated rings. The number of amidine groups is 1. The van der Waals surface area contributed by atoms with Crippen LogP contribution in [0.5, 0.6) is 0 Å². The van der Waals surface area contributed by atoms with E-state index in [0.29, 0.717) is 30.5 Å². The average molecular weight is 515 g/mol. The number of methoxy groups -OCH3 is 1.